The maximum Gasteiger partial charge on any atom is 0.264 e. The van der Waals surface area contributed by atoms with E-state index in [0.717, 1.165) is 17.5 Å². The largest absolute Gasteiger partial charge is 0.476 e. The summed E-state index contributed by atoms with van der Waals surface area (Å²) in [6.07, 6.45) is -0.136. The lowest BCUT2D eigenvalue weighted by Gasteiger charge is -2.35. The highest BCUT2D eigenvalue weighted by Crippen LogP contribution is 2.37. The number of hydrogen-bond acceptors (Lipinski definition) is 4. The van der Waals surface area contributed by atoms with Crippen molar-refractivity contribution >= 4 is 21.6 Å². The number of anilines is 1. The fourth-order valence-electron chi connectivity index (χ4n) is 3.00. The zero-order chi connectivity index (χ0) is 20.5. The van der Waals surface area contributed by atoms with Gasteiger partial charge < -0.3 is 10.1 Å². The van der Waals surface area contributed by atoms with Crippen molar-refractivity contribution in [3.8, 4) is 5.75 Å². The zero-order valence-corrected chi connectivity index (χ0v) is 17.4. The Kier molecular flexibility index (Phi) is 5.65. The van der Waals surface area contributed by atoms with E-state index in [9.17, 15) is 13.2 Å². The lowest BCUT2D eigenvalue weighted by Crippen LogP contribution is -2.52. The number of benzene rings is 2. The molecule has 0 fully saturated rings. The molecule has 0 spiro atoms. The summed E-state index contributed by atoms with van der Waals surface area (Å²) in [5.74, 6) is 0.0804. The highest BCUT2D eigenvalue weighted by atomic mass is 32.2. The molecule has 6 nitrogen and oxygen atoms in total. The minimum Gasteiger partial charge on any atom is -0.476 e. The van der Waals surface area contributed by atoms with Crippen LogP contribution in [0.4, 0.5) is 5.69 Å². The molecular formula is C21H26N2O4S. The topological polar surface area (TPSA) is 75.7 Å². The Labute approximate surface area is 166 Å². The molecule has 2 aromatic carbocycles. The average Bonchev–Trinajstić information content (AvgIpc) is 2.66. The van der Waals surface area contributed by atoms with Crippen molar-refractivity contribution in [2.24, 2.45) is 0 Å². The van der Waals surface area contributed by atoms with Crippen molar-refractivity contribution in [2.75, 3.05) is 10.8 Å². The second kappa shape index (κ2) is 7.83. The number of ether oxygens (including phenoxy) is 1. The summed E-state index contributed by atoms with van der Waals surface area (Å²) < 4.78 is 33.8. The highest BCUT2D eigenvalue weighted by Gasteiger charge is 2.37. The first-order valence-electron chi connectivity index (χ1n) is 9.39. The van der Waals surface area contributed by atoms with Gasteiger partial charge in [0, 0.05) is 6.04 Å². The fourth-order valence-corrected chi connectivity index (χ4v) is 4.48. The minimum atomic E-state index is -3.83. The van der Waals surface area contributed by atoms with Crippen molar-refractivity contribution < 1.29 is 17.9 Å². The Balaban J connectivity index is 2.01. The number of carbonyl (C=O) groups excluding carboxylic acids is 1. The summed E-state index contributed by atoms with van der Waals surface area (Å²) in [5.41, 5.74) is 2.34. The fraction of sp³-hybridized carbons (Fsp3) is 0.381. The van der Waals surface area contributed by atoms with Gasteiger partial charge >= 0.3 is 0 Å². The molecule has 2 aromatic rings. The molecule has 1 N–H and O–H groups in total. The third-order valence-electron chi connectivity index (χ3n) is 4.89. The summed E-state index contributed by atoms with van der Waals surface area (Å²) in [6.45, 7) is 7.59. The summed E-state index contributed by atoms with van der Waals surface area (Å²) in [5, 5.41) is 2.88. The highest BCUT2D eigenvalue weighted by molar-refractivity contribution is 7.92. The molecule has 0 saturated carbocycles. The third kappa shape index (κ3) is 3.99. The van der Waals surface area contributed by atoms with E-state index in [-0.39, 0.29) is 23.4 Å². The number of hydrogen-bond donors (Lipinski definition) is 1. The first-order valence-corrected chi connectivity index (χ1v) is 10.8. The molecule has 1 amide bonds. The van der Waals surface area contributed by atoms with Gasteiger partial charge in [-0.3, -0.25) is 9.10 Å². The van der Waals surface area contributed by atoms with Crippen LogP contribution >= 0.6 is 0 Å². The van der Waals surface area contributed by atoms with Crippen LogP contribution in [0, 0.1) is 13.8 Å². The maximum atomic E-state index is 13.3. The van der Waals surface area contributed by atoms with E-state index in [1.807, 2.05) is 33.8 Å². The quantitative estimate of drug-likeness (QED) is 0.833. The zero-order valence-electron chi connectivity index (χ0n) is 16.6. The molecule has 1 aliphatic rings. The summed E-state index contributed by atoms with van der Waals surface area (Å²) in [6, 6.07) is 12.0. The molecule has 0 saturated heterocycles. The van der Waals surface area contributed by atoms with Crippen LogP contribution in [-0.4, -0.2) is 33.0 Å². The van der Waals surface area contributed by atoms with Crippen molar-refractivity contribution in [3.63, 3.8) is 0 Å². The monoisotopic (exact) mass is 402 g/mol. The van der Waals surface area contributed by atoms with Crippen molar-refractivity contribution in [1.82, 2.24) is 5.32 Å². The first-order chi connectivity index (χ1) is 13.2. The molecule has 1 heterocycles. The van der Waals surface area contributed by atoms with Gasteiger partial charge in [-0.05, 0) is 57.0 Å². The third-order valence-corrected chi connectivity index (χ3v) is 6.68. The number of carbonyl (C=O) groups is 1. The van der Waals surface area contributed by atoms with Crippen LogP contribution in [-0.2, 0) is 14.8 Å². The Bertz CT molecular complexity index is 970. The molecule has 2 atom stereocenters. The number of aryl methyl sites for hydroxylation is 2. The molecule has 7 heteroatoms. The van der Waals surface area contributed by atoms with Crippen LogP contribution in [0.2, 0.25) is 0 Å². The number of sulfonamides is 1. The standard InChI is InChI=1S/C21H26N2O4S/c1-5-16(4)22-21(24)20-13-23(18-11-8-15(3)12-19(18)27-20)28(25,26)17-9-6-14(2)7-10-17/h6-12,16,20H,5,13H2,1-4H3,(H,22,24)/t16-,20-/m0/s1. The van der Waals surface area contributed by atoms with Gasteiger partial charge in [-0.15, -0.1) is 0 Å². The number of amides is 1. The molecule has 28 heavy (non-hydrogen) atoms. The van der Waals surface area contributed by atoms with Gasteiger partial charge in [0.1, 0.15) is 5.75 Å². The van der Waals surface area contributed by atoms with Crippen molar-refractivity contribution in [3.05, 3.63) is 53.6 Å². The molecule has 0 bridgehead atoms. The normalized spacial score (nSPS) is 17.4. The van der Waals surface area contributed by atoms with Gasteiger partial charge in [-0.25, -0.2) is 8.42 Å². The molecule has 3 rings (SSSR count). The van der Waals surface area contributed by atoms with E-state index in [0.29, 0.717) is 11.4 Å². The lowest BCUT2D eigenvalue weighted by molar-refractivity contribution is -0.128. The van der Waals surface area contributed by atoms with Gasteiger partial charge in [-0.1, -0.05) is 30.7 Å². The lowest BCUT2D eigenvalue weighted by atomic mass is 10.1. The van der Waals surface area contributed by atoms with Gasteiger partial charge in [0.2, 0.25) is 0 Å². The Morgan fingerprint density at radius 2 is 1.82 bits per heavy atom. The molecule has 150 valence electrons. The smallest absolute Gasteiger partial charge is 0.264 e. The minimum absolute atomic E-state index is 0.0165. The van der Waals surface area contributed by atoms with E-state index >= 15 is 0 Å². The number of rotatable bonds is 5. The number of nitrogens with one attached hydrogen (secondary N) is 1. The second-order valence-electron chi connectivity index (χ2n) is 7.24. The van der Waals surface area contributed by atoms with Crippen LogP contribution in [0.3, 0.4) is 0 Å². The summed E-state index contributed by atoms with van der Waals surface area (Å²) in [7, 11) is -3.83. The Morgan fingerprint density at radius 1 is 1.18 bits per heavy atom. The first kappa shape index (κ1) is 20.2. The van der Waals surface area contributed by atoms with E-state index < -0.39 is 16.1 Å². The van der Waals surface area contributed by atoms with Gasteiger partial charge in [-0.2, -0.15) is 0 Å². The van der Waals surface area contributed by atoms with E-state index in [1.165, 1.54) is 4.31 Å². The van der Waals surface area contributed by atoms with Gasteiger partial charge in [0.15, 0.2) is 6.10 Å². The molecular weight excluding hydrogens is 376 g/mol. The predicted molar refractivity (Wildman–Crippen MR) is 109 cm³/mol. The summed E-state index contributed by atoms with van der Waals surface area (Å²) >= 11 is 0. The van der Waals surface area contributed by atoms with Crippen molar-refractivity contribution in [1.29, 1.82) is 0 Å². The predicted octanol–water partition coefficient (Wildman–Crippen LogP) is 3.17. The average molecular weight is 403 g/mol. The number of fused-ring (bicyclic) bond motifs is 1. The van der Waals surface area contributed by atoms with Crippen LogP contribution in [0.5, 0.6) is 5.75 Å². The van der Waals surface area contributed by atoms with Gasteiger partial charge in [0.25, 0.3) is 15.9 Å². The van der Waals surface area contributed by atoms with Crippen LogP contribution in [0.15, 0.2) is 47.4 Å². The molecule has 0 unspecified atom stereocenters. The van der Waals surface area contributed by atoms with Crippen LogP contribution in [0.1, 0.15) is 31.4 Å². The molecule has 0 radical (unpaired) electrons. The Morgan fingerprint density at radius 3 is 2.46 bits per heavy atom. The van der Waals surface area contributed by atoms with Crippen LogP contribution < -0.4 is 14.4 Å². The molecule has 0 aromatic heterocycles. The molecule has 0 aliphatic carbocycles. The van der Waals surface area contributed by atoms with E-state index in [1.54, 1.807) is 36.4 Å². The molecule has 1 aliphatic heterocycles. The van der Waals surface area contributed by atoms with Crippen molar-refractivity contribution in [2.45, 2.75) is 51.2 Å². The Hall–Kier alpha value is -2.54. The SMILES string of the molecule is CC[C@H](C)NC(=O)[C@@H]1CN(S(=O)(=O)c2ccc(C)cc2)c2ccc(C)cc2O1. The second-order valence-corrected chi connectivity index (χ2v) is 9.11. The maximum absolute atomic E-state index is 13.3. The van der Waals surface area contributed by atoms with Crippen LogP contribution in [0.25, 0.3) is 0 Å². The van der Waals surface area contributed by atoms with E-state index in [2.05, 4.69) is 5.32 Å². The summed E-state index contributed by atoms with van der Waals surface area (Å²) in [4.78, 5) is 12.8. The number of nitrogens with zero attached hydrogens (tertiary/aromatic N) is 1. The van der Waals surface area contributed by atoms with E-state index in [4.69, 9.17) is 4.74 Å². The van der Waals surface area contributed by atoms with Gasteiger partial charge in [0.05, 0.1) is 17.1 Å².